The maximum absolute atomic E-state index is 11.9. The zero-order valence-corrected chi connectivity index (χ0v) is 20.1. The van der Waals surface area contributed by atoms with E-state index in [2.05, 4.69) is 54.2 Å². The van der Waals surface area contributed by atoms with Gasteiger partial charge in [-0.2, -0.15) is 0 Å². The second kappa shape index (κ2) is 10.5. The third-order valence-electron chi connectivity index (χ3n) is 4.59. The van der Waals surface area contributed by atoms with Gasteiger partial charge in [0.25, 0.3) is 5.91 Å². The van der Waals surface area contributed by atoms with Gasteiger partial charge in [-0.05, 0) is 46.5 Å². The number of carbonyl (C=O) groups excluding carboxylic acids is 1. The molecule has 2 heterocycles. The average Bonchev–Trinajstić information content (AvgIpc) is 3.21. The molecule has 166 valence electrons. The standard InChI is InChI=1S/C19H23IN6O4S/c1-21-17(28)14(30-2)13(27)18(29)26-9-23-12-15(24-19(31-3)25-16(12)26)22-8-10-5-4-6-11(20)7-10/h4-7,9,13-14,18,27,29H,8H2,1-3H3,(H,21,28)(H,22,24,25)/t13-,14+,18-/m1/s1. The average molecular weight is 558 g/mol. The fourth-order valence-corrected chi connectivity index (χ4v) is 3.97. The lowest BCUT2D eigenvalue weighted by atomic mass is 10.1. The number of benzene rings is 1. The summed E-state index contributed by atoms with van der Waals surface area (Å²) in [5.74, 6) is -0.0546. The first-order chi connectivity index (χ1) is 14.9. The van der Waals surface area contributed by atoms with Gasteiger partial charge in [0.1, 0.15) is 6.10 Å². The Morgan fingerprint density at radius 1 is 1.35 bits per heavy atom. The number of nitrogens with one attached hydrogen (secondary N) is 2. The molecule has 0 aliphatic carbocycles. The fraction of sp³-hybridized carbons (Fsp3) is 0.368. The number of rotatable bonds is 9. The number of hydrogen-bond donors (Lipinski definition) is 4. The van der Waals surface area contributed by atoms with Crippen LogP contribution in [0, 0.1) is 3.57 Å². The van der Waals surface area contributed by atoms with Gasteiger partial charge in [0.05, 0.1) is 6.33 Å². The Hall–Kier alpha value is -2.00. The van der Waals surface area contributed by atoms with E-state index < -0.39 is 24.3 Å². The minimum Gasteiger partial charge on any atom is -0.385 e. The van der Waals surface area contributed by atoms with Crippen LogP contribution < -0.4 is 10.6 Å². The van der Waals surface area contributed by atoms with Crippen LogP contribution in [0.1, 0.15) is 11.8 Å². The zero-order chi connectivity index (χ0) is 22.5. The molecule has 1 aromatic carbocycles. The van der Waals surface area contributed by atoms with Crippen LogP contribution in [0.3, 0.4) is 0 Å². The summed E-state index contributed by atoms with van der Waals surface area (Å²) < 4.78 is 7.48. The Kier molecular flexibility index (Phi) is 8.05. The van der Waals surface area contributed by atoms with Crippen LogP contribution in [0.2, 0.25) is 0 Å². The normalized spacial score (nSPS) is 14.3. The molecular formula is C19H23IN6O4S. The smallest absolute Gasteiger partial charge is 0.251 e. The van der Waals surface area contributed by atoms with Gasteiger partial charge < -0.3 is 25.6 Å². The SMILES string of the molecule is CNC(=O)[C@@H](OC)[C@@H](O)[C@@H](O)n1cnc2c(NCc3cccc(I)c3)nc(SC)nc21. The van der Waals surface area contributed by atoms with E-state index in [0.29, 0.717) is 28.7 Å². The summed E-state index contributed by atoms with van der Waals surface area (Å²) in [6.45, 7) is 0.525. The van der Waals surface area contributed by atoms with Gasteiger partial charge in [0.15, 0.2) is 34.5 Å². The number of aliphatic hydroxyl groups is 2. The number of imidazole rings is 1. The number of methoxy groups -OCH3 is 1. The minimum atomic E-state index is -1.54. The molecule has 0 aliphatic heterocycles. The molecular weight excluding hydrogens is 535 g/mol. The number of halogens is 1. The summed E-state index contributed by atoms with van der Waals surface area (Å²) in [6.07, 6.45) is -1.14. The lowest BCUT2D eigenvalue weighted by Crippen LogP contribution is -2.46. The lowest BCUT2D eigenvalue weighted by molar-refractivity contribution is -0.149. The monoisotopic (exact) mass is 558 g/mol. The Bertz CT molecular complexity index is 1070. The van der Waals surface area contributed by atoms with Crippen molar-refractivity contribution in [2.75, 3.05) is 25.7 Å². The van der Waals surface area contributed by atoms with Gasteiger partial charge in [0.2, 0.25) is 0 Å². The van der Waals surface area contributed by atoms with E-state index in [0.717, 1.165) is 9.13 Å². The number of amides is 1. The van der Waals surface area contributed by atoms with Gasteiger partial charge >= 0.3 is 0 Å². The third kappa shape index (κ3) is 5.26. The van der Waals surface area contributed by atoms with Crippen LogP contribution in [-0.2, 0) is 16.1 Å². The van der Waals surface area contributed by atoms with Crippen molar-refractivity contribution in [3.63, 3.8) is 0 Å². The van der Waals surface area contributed by atoms with Gasteiger partial charge in [-0.1, -0.05) is 23.9 Å². The van der Waals surface area contributed by atoms with Crippen molar-refractivity contribution >= 4 is 57.2 Å². The van der Waals surface area contributed by atoms with Gasteiger partial charge in [-0.15, -0.1) is 0 Å². The number of aromatic nitrogens is 4. The van der Waals surface area contributed by atoms with E-state index in [1.807, 2.05) is 24.5 Å². The zero-order valence-electron chi connectivity index (χ0n) is 17.1. The number of aliphatic hydroxyl groups excluding tert-OH is 2. The molecule has 0 aliphatic rings. The van der Waals surface area contributed by atoms with Gasteiger partial charge in [-0.3, -0.25) is 9.36 Å². The highest BCUT2D eigenvalue weighted by atomic mass is 127. The van der Waals surface area contributed by atoms with Crippen molar-refractivity contribution < 1.29 is 19.7 Å². The number of anilines is 1. The molecule has 1 amide bonds. The molecule has 0 radical (unpaired) electrons. The highest BCUT2D eigenvalue weighted by molar-refractivity contribution is 14.1. The number of carbonyl (C=O) groups is 1. The Labute approximate surface area is 197 Å². The molecule has 0 saturated carbocycles. The first-order valence-corrected chi connectivity index (χ1v) is 11.6. The van der Waals surface area contributed by atoms with Crippen LogP contribution in [0.4, 0.5) is 5.82 Å². The molecule has 3 rings (SSSR count). The van der Waals surface area contributed by atoms with Crippen LogP contribution in [-0.4, -0.2) is 68.3 Å². The fourth-order valence-electron chi connectivity index (χ4n) is 3.00. The number of nitrogens with zero attached hydrogens (tertiary/aromatic N) is 4. The van der Waals surface area contributed by atoms with E-state index in [1.54, 1.807) is 0 Å². The molecule has 0 saturated heterocycles. The summed E-state index contributed by atoms with van der Waals surface area (Å²) >= 11 is 3.59. The molecule has 0 fully saturated rings. The van der Waals surface area contributed by atoms with E-state index in [-0.39, 0.29) is 0 Å². The highest BCUT2D eigenvalue weighted by Gasteiger charge is 2.34. The predicted molar refractivity (Wildman–Crippen MR) is 126 cm³/mol. The topological polar surface area (TPSA) is 134 Å². The molecule has 12 heteroatoms. The van der Waals surface area contributed by atoms with Crippen molar-refractivity contribution in [1.82, 2.24) is 24.8 Å². The number of hydrogen-bond acceptors (Lipinski definition) is 9. The van der Waals surface area contributed by atoms with Crippen LogP contribution in [0.5, 0.6) is 0 Å². The maximum Gasteiger partial charge on any atom is 0.251 e. The molecule has 0 spiro atoms. The van der Waals surface area contributed by atoms with Crippen molar-refractivity contribution in [3.05, 3.63) is 39.7 Å². The summed E-state index contributed by atoms with van der Waals surface area (Å²) in [6, 6.07) is 8.06. The number of thioether (sulfide) groups is 1. The summed E-state index contributed by atoms with van der Waals surface area (Å²) in [5, 5.41) is 27.4. The molecule has 31 heavy (non-hydrogen) atoms. The second-order valence-electron chi connectivity index (χ2n) is 6.54. The molecule has 2 aromatic heterocycles. The van der Waals surface area contributed by atoms with Gasteiger partial charge in [-0.25, -0.2) is 15.0 Å². The molecule has 10 nitrogen and oxygen atoms in total. The number of likely N-dealkylation sites (N-methyl/N-ethyl adjacent to an activating group) is 1. The maximum atomic E-state index is 11.9. The highest BCUT2D eigenvalue weighted by Crippen LogP contribution is 2.26. The minimum absolute atomic E-state index is 0.322. The Morgan fingerprint density at radius 2 is 2.13 bits per heavy atom. The van der Waals surface area contributed by atoms with E-state index >= 15 is 0 Å². The quantitative estimate of drug-likeness (QED) is 0.175. The van der Waals surface area contributed by atoms with Gasteiger partial charge in [0, 0.05) is 24.3 Å². The van der Waals surface area contributed by atoms with Crippen LogP contribution >= 0.6 is 34.4 Å². The summed E-state index contributed by atoms with van der Waals surface area (Å²) in [4.78, 5) is 25.2. The number of fused-ring (bicyclic) bond motifs is 1. The lowest BCUT2D eigenvalue weighted by Gasteiger charge is -2.25. The molecule has 3 aromatic rings. The van der Waals surface area contributed by atoms with Crippen molar-refractivity contribution in [1.29, 1.82) is 0 Å². The third-order valence-corrected chi connectivity index (χ3v) is 5.81. The van der Waals surface area contributed by atoms with E-state index in [1.165, 1.54) is 36.8 Å². The predicted octanol–water partition coefficient (Wildman–Crippen LogP) is 1.38. The summed E-state index contributed by atoms with van der Waals surface area (Å²) in [7, 11) is 2.70. The van der Waals surface area contributed by atoms with E-state index in [4.69, 9.17) is 4.74 Å². The van der Waals surface area contributed by atoms with E-state index in [9.17, 15) is 15.0 Å². The molecule has 3 atom stereocenters. The Balaban J connectivity index is 1.94. The number of ether oxygens (including phenoxy) is 1. The van der Waals surface area contributed by atoms with Crippen molar-refractivity contribution in [3.8, 4) is 0 Å². The molecule has 0 unspecified atom stereocenters. The van der Waals surface area contributed by atoms with Crippen LogP contribution in [0.15, 0.2) is 35.7 Å². The first kappa shape index (κ1) is 23.7. The molecule has 0 bridgehead atoms. The molecule has 4 N–H and O–H groups in total. The van der Waals surface area contributed by atoms with Crippen molar-refractivity contribution in [2.24, 2.45) is 0 Å². The van der Waals surface area contributed by atoms with Crippen molar-refractivity contribution in [2.45, 2.75) is 30.1 Å². The summed E-state index contributed by atoms with van der Waals surface area (Å²) in [5.41, 5.74) is 1.83. The first-order valence-electron chi connectivity index (χ1n) is 9.27. The van der Waals surface area contributed by atoms with Crippen LogP contribution in [0.25, 0.3) is 11.2 Å². The largest absolute Gasteiger partial charge is 0.385 e. The second-order valence-corrected chi connectivity index (χ2v) is 8.56. The Morgan fingerprint density at radius 3 is 2.77 bits per heavy atom.